The number of fused-ring (bicyclic) bond motifs is 1. The highest BCUT2D eigenvalue weighted by molar-refractivity contribution is 9.10. The van der Waals surface area contributed by atoms with Crippen molar-refractivity contribution in [2.45, 2.75) is 12.5 Å². The van der Waals surface area contributed by atoms with Gasteiger partial charge in [0.1, 0.15) is 0 Å². The lowest BCUT2D eigenvalue weighted by Gasteiger charge is -2.15. The molecule has 0 spiro atoms. The molecule has 0 bridgehead atoms. The van der Waals surface area contributed by atoms with Gasteiger partial charge in [-0.15, -0.1) is 0 Å². The van der Waals surface area contributed by atoms with Gasteiger partial charge in [-0.05, 0) is 28.0 Å². The molecule has 0 radical (unpaired) electrons. The van der Waals surface area contributed by atoms with Crippen LogP contribution in [0, 0.1) is 0 Å². The summed E-state index contributed by atoms with van der Waals surface area (Å²) in [5, 5.41) is 12.8. The molecule has 0 aliphatic heterocycles. The number of hydrogen-bond donors (Lipinski definition) is 1. The Labute approximate surface area is 127 Å². The van der Waals surface area contributed by atoms with Crippen molar-refractivity contribution in [1.29, 1.82) is 0 Å². The highest BCUT2D eigenvalue weighted by Crippen LogP contribution is 2.31. The van der Waals surface area contributed by atoms with E-state index in [2.05, 4.69) is 28.1 Å². The zero-order valence-electron chi connectivity index (χ0n) is 11.0. The van der Waals surface area contributed by atoms with E-state index in [1.807, 2.05) is 54.6 Å². The van der Waals surface area contributed by atoms with Crippen LogP contribution in [0.2, 0.25) is 0 Å². The second-order valence-electron chi connectivity index (χ2n) is 4.89. The normalized spacial score (nSPS) is 12.5. The van der Waals surface area contributed by atoms with E-state index in [1.165, 1.54) is 0 Å². The van der Waals surface area contributed by atoms with E-state index in [1.54, 1.807) is 0 Å². The lowest BCUT2D eigenvalue weighted by Crippen LogP contribution is -2.02. The third kappa shape index (κ3) is 2.62. The van der Waals surface area contributed by atoms with E-state index < -0.39 is 6.10 Å². The van der Waals surface area contributed by atoms with Gasteiger partial charge in [-0.25, -0.2) is 0 Å². The van der Waals surface area contributed by atoms with E-state index in [0.717, 1.165) is 26.4 Å². The fraction of sp³-hybridized carbons (Fsp3) is 0.111. The van der Waals surface area contributed by atoms with Crippen molar-refractivity contribution in [1.82, 2.24) is 0 Å². The molecule has 1 unspecified atom stereocenters. The highest BCUT2D eigenvalue weighted by atomic mass is 79.9. The third-order valence-corrected chi connectivity index (χ3v) is 4.23. The molecule has 1 atom stereocenters. The van der Waals surface area contributed by atoms with Crippen molar-refractivity contribution in [3.8, 4) is 0 Å². The van der Waals surface area contributed by atoms with Gasteiger partial charge in [0.2, 0.25) is 0 Å². The van der Waals surface area contributed by atoms with Crippen LogP contribution in [0.3, 0.4) is 0 Å². The monoisotopic (exact) mass is 326 g/mol. The molecule has 100 valence electrons. The Bertz CT molecular complexity index is 722. The Morgan fingerprint density at radius 1 is 0.800 bits per heavy atom. The smallest absolute Gasteiger partial charge is 0.0836 e. The molecule has 0 fully saturated rings. The van der Waals surface area contributed by atoms with E-state index in [9.17, 15) is 5.11 Å². The maximum Gasteiger partial charge on any atom is 0.0836 e. The lowest BCUT2D eigenvalue weighted by molar-refractivity contribution is 0.180. The van der Waals surface area contributed by atoms with Crippen LogP contribution in [0.25, 0.3) is 10.8 Å². The Kier molecular flexibility index (Phi) is 3.86. The summed E-state index contributed by atoms with van der Waals surface area (Å²) >= 11 is 3.57. The molecule has 3 aromatic rings. The molecular weight excluding hydrogens is 312 g/mol. The minimum absolute atomic E-state index is 0.490. The van der Waals surface area contributed by atoms with Gasteiger partial charge >= 0.3 is 0 Å². The maximum atomic E-state index is 10.5. The van der Waals surface area contributed by atoms with Crippen molar-refractivity contribution in [2.24, 2.45) is 0 Å². The minimum Gasteiger partial charge on any atom is -0.388 e. The molecule has 0 saturated heterocycles. The van der Waals surface area contributed by atoms with Crippen LogP contribution >= 0.6 is 15.9 Å². The molecule has 20 heavy (non-hydrogen) atoms. The number of rotatable bonds is 3. The van der Waals surface area contributed by atoms with Crippen LogP contribution in [-0.2, 0) is 6.42 Å². The highest BCUT2D eigenvalue weighted by Gasteiger charge is 2.13. The molecule has 2 heteroatoms. The van der Waals surface area contributed by atoms with E-state index >= 15 is 0 Å². The summed E-state index contributed by atoms with van der Waals surface area (Å²) in [5.74, 6) is 0. The van der Waals surface area contributed by atoms with Crippen LogP contribution in [0.4, 0.5) is 0 Å². The van der Waals surface area contributed by atoms with Crippen molar-refractivity contribution in [3.05, 3.63) is 82.3 Å². The first-order chi connectivity index (χ1) is 9.75. The number of benzene rings is 3. The molecule has 0 heterocycles. The zero-order chi connectivity index (χ0) is 13.9. The van der Waals surface area contributed by atoms with Crippen LogP contribution in [0.15, 0.2) is 71.2 Å². The molecule has 0 aromatic heterocycles. The van der Waals surface area contributed by atoms with Gasteiger partial charge < -0.3 is 5.11 Å². The summed E-state index contributed by atoms with van der Waals surface area (Å²) in [4.78, 5) is 0. The molecule has 0 amide bonds. The molecule has 0 aliphatic carbocycles. The Balaban J connectivity index is 2.00. The number of aliphatic hydroxyl groups excluding tert-OH is 1. The number of hydrogen-bond acceptors (Lipinski definition) is 1. The SMILES string of the molecule is OC(Cc1ccccc1)c1ccc(Br)c2ccccc12. The van der Waals surface area contributed by atoms with Crippen molar-refractivity contribution < 1.29 is 5.11 Å². The zero-order valence-corrected chi connectivity index (χ0v) is 12.5. The van der Waals surface area contributed by atoms with E-state index in [0.29, 0.717) is 6.42 Å². The summed E-state index contributed by atoms with van der Waals surface area (Å²) < 4.78 is 1.06. The van der Waals surface area contributed by atoms with Crippen LogP contribution in [0.5, 0.6) is 0 Å². The van der Waals surface area contributed by atoms with Crippen molar-refractivity contribution >= 4 is 26.7 Å². The van der Waals surface area contributed by atoms with Gasteiger partial charge in [-0.3, -0.25) is 0 Å². The summed E-state index contributed by atoms with van der Waals surface area (Å²) in [5.41, 5.74) is 2.12. The summed E-state index contributed by atoms with van der Waals surface area (Å²) in [7, 11) is 0. The standard InChI is InChI=1S/C18H15BrO/c19-17-11-10-16(14-8-4-5-9-15(14)17)18(20)12-13-6-2-1-3-7-13/h1-11,18,20H,12H2. The quantitative estimate of drug-likeness (QED) is 0.727. The average Bonchev–Trinajstić information content (AvgIpc) is 2.49. The second kappa shape index (κ2) is 5.78. The van der Waals surface area contributed by atoms with Gasteiger partial charge in [0.15, 0.2) is 0 Å². The molecule has 1 N–H and O–H groups in total. The first-order valence-electron chi connectivity index (χ1n) is 6.65. The average molecular weight is 327 g/mol. The van der Waals surface area contributed by atoms with E-state index in [4.69, 9.17) is 0 Å². The van der Waals surface area contributed by atoms with Crippen LogP contribution in [0.1, 0.15) is 17.2 Å². The molecule has 3 aromatic carbocycles. The van der Waals surface area contributed by atoms with Gasteiger partial charge in [0.25, 0.3) is 0 Å². The minimum atomic E-state index is -0.490. The predicted molar refractivity (Wildman–Crippen MR) is 86.8 cm³/mol. The largest absolute Gasteiger partial charge is 0.388 e. The van der Waals surface area contributed by atoms with Crippen molar-refractivity contribution in [2.75, 3.05) is 0 Å². The topological polar surface area (TPSA) is 20.2 Å². The van der Waals surface area contributed by atoms with Gasteiger partial charge in [-0.2, -0.15) is 0 Å². The molecule has 3 rings (SSSR count). The summed E-state index contributed by atoms with van der Waals surface area (Å²) in [6.07, 6.45) is 0.141. The van der Waals surface area contributed by atoms with Crippen molar-refractivity contribution in [3.63, 3.8) is 0 Å². The van der Waals surface area contributed by atoms with Crippen LogP contribution in [-0.4, -0.2) is 5.11 Å². The first-order valence-corrected chi connectivity index (χ1v) is 7.44. The predicted octanol–water partition coefficient (Wildman–Crippen LogP) is 4.88. The number of halogens is 1. The fourth-order valence-corrected chi connectivity index (χ4v) is 3.00. The summed E-state index contributed by atoms with van der Waals surface area (Å²) in [6, 6.07) is 22.2. The second-order valence-corrected chi connectivity index (χ2v) is 5.74. The Morgan fingerprint density at radius 2 is 1.45 bits per heavy atom. The Hall–Kier alpha value is -1.64. The number of aliphatic hydroxyl groups is 1. The fourth-order valence-electron chi connectivity index (χ4n) is 2.52. The molecule has 0 saturated carbocycles. The maximum absolute atomic E-state index is 10.5. The molecule has 0 aliphatic rings. The van der Waals surface area contributed by atoms with Gasteiger partial charge in [0, 0.05) is 10.9 Å². The van der Waals surface area contributed by atoms with Gasteiger partial charge in [-0.1, -0.05) is 76.6 Å². The first kappa shape index (κ1) is 13.3. The Morgan fingerprint density at radius 3 is 2.20 bits per heavy atom. The van der Waals surface area contributed by atoms with E-state index in [-0.39, 0.29) is 0 Å². The van der Waals surface area contributed by atoms with Crippen LogP contribution < -0.4 is 0 Å². The molecule has 1 nitrogen and oxygen atoms in total. The summed E-state index contributed by atoms with van der Waals surface area (Å²) in [6.45, 7) is 0. The molecular formula is C18H15BrO. The lowest BCUT2D eigenvalue weighted by atomic mass is 9.96. The third-order valence-electron chi connectivity index (χ3n) is 3.54. The van der Waals surface area contributed by atoms with Gasteiger partial charge in [0.05, 0.1) is 6.10 Å².